The number of carbonyl (C=O) groups excluding carboxylic acids is 1. The molecule has 0 amide bonds. The fourth-order valence-electron chi connectivity index (χ4n) is 3.96. The van der Waals surface area contributed by atoms with E-state index in [1.54, 1.807) is 61.5 Å². The van der Waals surface area contributed by atoms with Crippen LogP contribution in [0.2, 0.25) is 0 Å². The molecule has 0 aliphatic heterocycles. The summed E-state index contributed by atoms with van der Waals surface area (Å²) in [4.78, 5) is 27.3. The van der Waals surface area contributed by atoms with Crippen molar-refractivity contribution in [3.63, 3.8) is 0 Å². The van der Waals surface area contributed by atoms with Gasteiger partial charge in [0.15, 0.2) is 5.03 Å². The number of nitrogens with zero attached hydrogens (tertiary/aromatic N) is 1. The molecule has 0 aliphatic rings. The second-order valence-corrected chi connectivity index (χ2v) is 10.1. The van der Waals surface area contributed by atoms with E-state index in [0.29, 0.717) is 33.7 Å². The maximum atomic E-state index is 13.3. The van der Waals surface area contributed by atoms with Gasteiger partial charge in [0.05, 0.1) is 23.3 Å². The minimum Gasteiger partial charge on any atom is -0.497 e. The number of aromatic nitrogens is 1. The van der Waals surface area contributed by atoms with Gasteiger partial charge in [-0.25, -0.2) is 18.2 Å². The summed E-state index contributed by atoms with van der Waals surface area (Å²) in [5.41, 5.74) is 3.44. The van der Waals surface area contributed by atoms with Gasteiger partial charge in [-0.1, -0.05) is 30.3 Å². The van der Waals surface area contributed by atoms with Gasteiger partial charge in [-0.05, 0) is 66.1 Å². The van der Waals surface area contributed by atoms with Gasteiger partial charge < -0.3 is 15.2 Å². The lowest BCUT2D eigenvalue weighted by Gasteiger charge is -2.16. The van der Waals surface area contributed by atoms with Crippen LogP contribution in [0.15, 0.2) is 88.9 Å². The first-order chi connectivity index (χ1) is 17.7. The summed E-state index contributed by atoms with van der Waals surface area (Å²) in [6.45, 7) is 1.81. The van der Waals surface area contributed by atoms with E-state index in [1.165, 1.54) is 25.4 Å². The van der Waals surface area contributed by atoms with E-state index in [2.05, 4.69) is 10.3 Å². The van der Waals surface area contributed by atoms with Crippen LogP contribution in [0.3, 0.4) is 0 Å². The largest absolute Gasteiger partial charge is 0.497 e. The van der Waals surface area contributed by atoms with Crippen molar-refractivity contribution >= 4 is 27.8 Å². The van der Waals surface area contributed by atoms with Crippen molar-refractivity contribution in [2.45, 2.75) is 23.4 Å². The molecule has 37 heavy (non-hydrogen) atoms. The zero-order valence-corrected chi connectivity index (χ0v) is 21.0. The normalized spacial score (nSPS) is 11.1. The Morgan fingerprint density at radius 2 is 1.73 bits per heavy atom. The fourth-order valence-corrected chi connectivity index (χ4v) is 5.36. The molecule has 0 radical (unpaired) electrons. The number of benzene rings is 3. The number of carbonyl (C=O) groups is 2. The van der Waals surface area contributed by atoms with Crippen molar-refractivity contribution in [1.82, 2.24) is 4.98 Å². The molecular weight excluding hydrogens is 492 g/mol. The highest BCUT2D eigenvalue weighted by Gasteiger charge is 2.23. The maximum absolute atomic E-state index is 13.3. The zero-order valence-electron chi connectivity index (χ0n) is 20.1. The van der Waals surface area contributed by atoms with Gasteiger partial charge >= 0.3 is 5.97 Å². The summed E-state index contributed by atoms with van der Waals surface area (Å²) in [6.07, 6.45) is 2.14. The summed E-state index contributed by atoms with van der Waals surface area (Å²) in [5.74, 6) is -0.601. The van der Waals surface area contributed by atoms with Gasteiger partial charge in [-0.2, -0.15) is 0 Å². The topological polar surface area (TPSA) is 123 Å². The van der Waals surface area contributed by atoms with E-state index in [-0.39, 0.29) is 22.0 Å². The molecule has 9 heteroatoms. The minimum absolute atomic E-state index is 0.0348. The van der Waals surface area contributed by atoms with Crippen molar-refractivity contribution < 1.29 is 27.9 Å². The summed E-state index contributed by atoms with van der Waals surface area (Å²) in [5, 5.41) is 12.9. The first-order valence-corrected chi connectivity index (χ1v) is 12.7. The summed E-state index contributed by atoms with van der Waals surface area (Å²) in [6, 6.07) is 19.5. The molecule has 0 saturated heterocycles. The number of aldehydes is 1. The van der Waals surface area contributed by atoms with Crippen LogP contribution < -0.4 is 10.1 Å². The van der Waals surface area contributed by atoms with Crippen LogP contribution in [0.25, 0.3) is 11.1 Å². The molecule has 3 aromatic carbocycles. The summed E-state index contributed by atoms with van der Waals surface area (Å²) < 4.78 is 31.7. The van der Waals surface area contributed by atoms with Crippen molar-refractivity contribution in [1.29, 1.82) is 0 Å². The van der Waals surface area contributed by atoms with E-state index in [1.807, 2.05) is 6.07 Å². The lowest BCUT2D eigenvalue weighted by atomic mass is 9.97. The number of carboxylic acid groups (broad SMARTS) is 1. The van der Waals surface area contributed by atoms with E-state index < -0.39 is 15.8 Å². The number of rotatable bonds is 9. The molecule has 0 atom stereocenters. The first-order valence-electron chi connectivity index (χ1n) is 11.2. The maximum Gasteiger partial charge on any atom is 0.337 e. The van der Waals surface area contributed by atoms with Gasteiger partial charge in [0.25, 0.3) is 0 Å². The molecule has 1 heterocycles. The number of hydrogen-bond acceptors (Lipinski definition) is 7. The Bertz CT molecular complexity index is 1560. The number of aromatic carboxylic acids is 1. The highest BCUT2D eigenvalue weighted by Crippen LogP contribution is 2.31. The lowest BCUT2D eigenvalue weighted by Crippen LogP contribution is -2.13. The van der Waals surface area contributed by atoms with Gasteiger partial charge in [-0.15, -0.1) is 0 Å². The quantitative estimate of drug-likeness (QED) is 0.297. The number of pyridine rings is 1. The molecule has 0 spiro atoms. The average molecular weight is 517 g/mol. The second-order valence-electron chi connectivity index (χ2n) is 8.26. The average Bonchev–Trinajstić information content (AvgIpc) is 2.92. The van der Waals surface area contributed by atoms with E-state index in [4.69, 9.17) is 4.74 Å². The second kappa shape index (κ2) is 10.6. The number of anilines is 1. The van der Waals surface area contributed by atoms with Gasteiger partial charge in [0.1, 0.15) is 12.0 Å². The number of aryl methyl sites for hydroxylation is 1. The van der Waals surface area contributed by atoms with Crippen LogP contribution >= 0.6 is 0 Å². The molecule has 188 valence electrons. The molecule has 0 bridgehead atoms. The van der Waals surface area contributed by atoms with Crippen molar-refractivity contribution in [2.24, 2.45) is 0 Å². The molecule has 1 aromatic heterocycles. The summed E-state index contributed by atoms with van der Waals surface area (Å²) in [7, 11) is -2.44. The fraction of sp³-hybridized carbons (Fsp3) is 0.107. The Morgan fingerprint density at radius 1 is 1.03 bits per heavy atom. The lowest BCUT2D eigenvalue weighted by molar-refractivity contribution is 0.0697. The Balaban J connectivity index is 1.66. The van der Waals surface area contributed by atoms with E-state index in [0.717, 1.165) is 11.8 Å². The van der Waals surface area contributed by atoms with Crippen LogP contribution in [0.4, 0.5) is 5.69 Å². The number of methoxy groups -OCH3 is 1. The Morgan fingerprint density at radius 3 is 2.35 bits per heavy atom. The Hall–Kier alpha value is -4.50. The molecule has 4 aromatic rings. The summed E-state index contributed by atoms with van der Waals surface area (Å²) >= 11 is 0. The van der Waals surface area contributed by atoms with Gasteiger partial charge in [0, 0.05) is 23.9 Å². The highest BCUT2D eigenvalue weighted by molar-refractivity contribution is 7.91. The number of sulfone groups is 1. The van der Waals surface area contributed by atoms with Crippen LogP contribution in [-0.4, -0.2) is 37.9 Å². The van der Waals surface area contributed by atoms with Crippen LogP contribution in [0, 0.1) is 6.92 Å². The molecule has 0 aliphatic carbocycles. The molecule has 4 rings (SSSR count). The molecule has 8 nitrogen and oxygen atoms in total. The molecule has 0 saturated carbocycles. The molecular formula is C28H24N2O6S. The number of nitrogens with one attached hydrogen (secondary N) is 1. The number of carboxylic acids is 1. The Labute approximate surface area is 214 Å². The molecule has 0 unspecified atom stereocenters. The predicted octanol–water partition coefficient (Wildman–Crippen LogP) is 5.02. The molecule has 2 N–H and O–H groups in total. The monoisotopic (exact) mass is 516 g/mol. The third-order valence-electron chi connectivity index (χ3n) is 5.88. The smallest absolute Gasteiger partial charge is 0.337 e. The minimum atomic E-state index is -3.93. The van der Waals surface area contributed by atoms with Gasteiger partial charge in [-0.3, -0.25) is 4.79 Å². The van der Waals surface area contributed by atoms with Crippen molar-refractivity contribution in [3.05, 3.63) is 101 Å². The van der Waals surface area contributed by atoms with E-state index >= 15 is 0 Å². The van der Waals surface area contributed by atoms with Crippen molar-refractivity contribution in [2.75, 3.05) is 12.4 Å². The van der Waals surface area contributed by atoms with Crippen LogP contribution in [0.1, 0.15) is 31.8 Å². The number of hydrogen-bond donors (Lipinski definition) is 2. The van der Waals surface area contributed by atoms with E-state index in [9.17, 15) is 23.1 Å². The third-order valence-corrected chi connectivity index (χ3v) is 7.65. The highest BCUT2D eigenvalue weighted by atomic mass is 32.2. The Kier molecular flexibility index (Phi) is 7.35. The third kappa shape index (κ3) is 5.36. The SMILES string of the molecule is COc1ccc(S(=O)(=O)c2ncccc2CNc2c(C)cc(-c3ccc(C=O)cc3)cc2C(=O)O)cc1. The predicted molar refractivity (Wildman–Crippen MR) is 139 cm³/mol. The van der Waals surface area contributed by atoms with Crippen LogP contribution in [0.5, 0.6) is 5.75 Å². The zero-order chi connectivity index (χ0) is 26.6. The number of ether oxygens (including phenoxy) is 1. The first kappa shape index (κ1) is 25.6. The van der Waals surface area contributed by atoms with Gasteiger partial charge in [0.2, 0.25) is 9.84 Å². The van der Waals surface area contributed by atoms with Crippen molar-refractivity contribution in [3.8, 4) is 16.9 Å². The standard InChI is InChI=1S/C28H24N2O6S/c1-18-14-22(20-7-5-19(17-31)6-8-20)15-25(28(32)33)26(18)30-16-21-4-3-13-29-27(21)37(34,35)24-11-9-23(36-2)10-12-24/h3-15,17,30H,16H2,1-2H3,(H,32,33). The van der Waals surface area contributed by atoms with Crippen LogP contribution in [-0.2, 0) is 16.4 Å². The molecule has 0 fully saturated rings.